The Labute approximate surface area is 149 Å². The Balaban J connectivity index is 1.63. The molecule has 0 bridgehead atoms. The van der Waals surface area contributed by atoms with Crippen LogP contribution in [-0.2, 0) is 4.79 Å². The van der Waals surface area contributed by atoms with Gasteiger partial charge in [0.2, 0.25) is 0 Å². The van der Waals surface area contributed by atoms with Crippen LogP contribution in [0.2, 0.25) is 0 Å². The van der Waals surface area contributed by atoms with Gasteiger partial charge in [0.05, 0.1) is 6.61 Å². The zero-order chi connectivity index (χ0) is 18.8. The van der Waals surface area contributed by atoms with Crippen molar-refractivity contribution in [2.24, 2.45) is 0 Å². The highest BCUT2D eigenvalue weighted by molar-refractivity contribution is 5.92. The van der Waals surface area contributed by atoms with Crippen LogP contribution in [0.3, 0.4) is 0 Å². The van der Waals surface area contributed by atoms with Crippen molar-refractivity contribution in [3.05, 3.63) is 52.4 Å². The molecule has 0 aliphatic rings. The average molecular weight is 360 g/mol. The van der Waals surface area contributed by atoms with Crippen LogP contribution in [0, 0.1) is 0 Å². The van der Waals surface area contributed by atoms with Crippen molar-refractivity contribution in [1.29, 1.82) is 0 Å². The first-order valence-corrected chi connectivity index (χ1v) is 8.05. The Hall–Kier alpha value is -3.36. The molecule has 0 aliphatic heterocycles. The molecular formula is C17H20N4O5. The molecule has 0 fully saturated rings. The van der Waals surface area contributed by atoms with E-state index in [0.717, 1.165) is 5.75 Å². The van der Waals surface area contributed by atoms with E-state index >= 15 is 0 Å². The molecule has 2 amide bonds. The molecule has 26 heavy (non-hydrogen) atoms. The first kappa shape index (κ1) is 19.0. The van der Waals surface area contributed by atoms with Crippen LogP contribution >= 0.6 is 0 Å². The van der Waals surface area contributed by atoms with E-state index in [1.807, 2.05) is 6.92 Å². The largest absolute Gasteiger partial charge is 0.494 e. The quantitative estimate of drug-likeness (QED) is 0.545. The minimum Gasteiger partial charge on any atom is -0.494 e. The predicted octanol–water partition coefficient (Wildman–Crippen LogP) is 0.0936. The van der Waals surface area contributed by atoms with E-state index in [9.17, 15) is 14.4 Å². The van der Waals surface area contributed by atoms with Gasteiger partial charge in [0, 0.05) is 19.2 Å². The third kappa shape index (κ3) is 6.27. The Morgan fingerprint density at radius 3 is 2.27 bits per heavy atom. The van der Waals surface area contributed by atoms with E-state index in [0.29, 0.717) is 12.4 Å². The van der Waals surface area contributed by atoms with E-state index in [-0.39, 0.29) is 36.9 Å². The molecule has 0 radical (unpaired) electrons. The van der Waals surface area contributed by atoms with Gasteiger partial charge in [0.25, 0.3) is 17.4 Å². The van der Waals surface area contributed by atoms with Gasteiger partial charge in [-0.2, -0.15) is 5.10 Å². The van der Waals surface area contributed by atoms with E-state index < -0.39 is 5.91 Å². The number of aromatic amines is 1. The molecule has 1 aromatic carbocycles. The summed E-state index contributed by atoms with van der Waals surface area (Å²) in [6.45, 7) is 2.80. The first-order valence-electron chi connectivity index (χ1n) is 8.05. The van der Waals surface area contributed by atoms with Crippen LogP contribution in [0.1, 0.15) is 17.4 Å². The highest BCUT2D eigenvalue weighted by Gasteiger charge is 2.07. The fraction of sp³-hybridized carbons (Fsp3) is 0.294. The standard InChI is InChI=1S/C17H20N4O5/c1-2-25-12-3-5-13(6-4-12)26-11-16(23)18-9-10-19-17(24)14-7-8-15(22)21-20-14/h3-8H,2,9-11H2,1H3,(H,18,23)(H,19,24)(H,21,22). The van der Waals surface area contributed by atoms with Crippen LogP contribution in [0.25, 0.3) is 0 Å². The number of amides is 2. The molecule has 0 atom stereocenters. The summed E-state index contributed by atoms with van der Waals surface area (Å²) in [5.41, 5.74) is -0.295. The number of benzene rings is 1. The van der Waals surface area contributed by atoms with Crippen LogP contribution in [-0.4, -0.2) is 48.3 Å². The van der Waals surface area contributed by atoms with E-state index in [1.165, 1.54) is 12.1 Å². The van der Waals surface area contributed by atoms with Crippen molar-refractivity contribution in [3.8, 4) is 11.5 Å². The fourth-order valence-electron chi connectivity index (χ4n) is 1.94. The molecule has 0 saturated carbocycles. The minimum atomic E-state index is -0.443. The molecule has 1 heterocycles. The van der Waals surface area contributed by atoms with E-state index in [4.69, 9.17) is 9.47 Å². The molecule has 0 saturated heterocycles. The van der Waals surface area contributed by atoms with Crippen molar-refractivity contribution in [1.82, 2.24) is 20.8 Å². The second-order valence-corrected chi connectivity index (χ2v) is 5.11. The van der Waals surface area contributed by atoms with Crippen LogP contribution in [0.4, 0.5) is 0 Å². The molecule has 9 heteroatoms. The number of carbonyl (C=O) groups excluding carboxylic acids is 2. The number of hydrogen-bond donors (Lipinski definition) is 3. The van der Waals surface area contributed by atoms with Gasteiger partial charge in [-0.25, -0.2) is 5.10 Å². The number of ether oxygens (including phenoxy) is 2. The third-order valence-corrected chi connectivity index (χ3v) is 3.15. The lowest BCUT2D eigenvalue weighted by molar-refractivity contribution is -0.123. The van der Waals surface area contributed by atoms with Gasteiger partial charge < -0.3 is 20.1 Å². The summed E-state index contributed by atoms with van der Waals surface area (Å²) < 4.78 is 10.7. The predicted molar refractivity (Wildman–Crippen MR) is 93.3 cm³/mol. The van der Waals surface area contributed by atoms with Crippen LogP contribution in [0.5, 0.6) is 11.5 Å². The number of hydrogen-bond acceptors (Lipinski definition) is 6. The molecule has 2 aromatic rings. The zero-order valence-electron chi connectivity index (χ0n) is 14.3. The third-order valence-electron chi connectivity index (χ3n) is 3.15. The van der Waals surface area contributed by atoms with Gasteiger partial charge in [0.15, 0.2) is 6.61 Å². The Morgan fingerprint density at radius 1 is 1.00 bits per heavy atom. The maximum Gasteiger partial charge on any atom is 0.271 e. The number of nitrogens with one attached hydrogen (secondary N) is 3. The number of rotatable bonds is 9. The van der Waals surface area contributed by atoms with Gasteiger partial charge in [-0.3, -0.25) is 14.4 Å². The molecular weight excluding hydrogens is 340 g/mol. The maximum atomic E-state index is 11.7. The molecule has 1 aromatic heterocycles. The summed E-state index contributed by atoms with van der Waals surface area (Å²) in [6, 6.07) is 9.49. The lowest BCUT2D eigenvalue weighted by Gasteiger charge is -2.09. The van der Waals surface area contributed by atoms with Crippen molar-refractivity contribution in [2.45, 2.75) is 6.92 Å². The van der Waals surface area contributed by atoms with Gasteiger partial charge in [-0.05, 0) is 37.3 Å². The van der Waals surface area contributed by atoms with Crippen LogP contribution < -0.4 is 25.7 Å². The lowest BCUT2D eigenvalue weighted by atomic mass is 10.3. The summed E-state index contributed by atoms with van der Waals surface area (Å²) in [6.07, 6.45) is 0. The fourth-order valence-corrected chi connectivity index (χ4v) is 1.94. The molecule has 9 nitrogen and oxygen atoms in total. The van der Waals surface area contributed by atoms with Crippen molar-refractivity contribution in [2.75, 3.05) is 26.3 Å². The Bertz CT molecular complexity index is 768. The van der Waals surface area contributed by atoms with Gasteiger partial charge in [0.1, 0.15) is 17.2 Å². The normalized spacial score (nSPS) is 10.0. The Kier molecular flexibility index (Phi) is 7.17. The molecule has 2 rings (SSSR count). The molecule has 138 valence electrons. The van der Waals surface area contributed by atoms with Gasteiger partial charge in [-0.1, -0.05) is 0 Å². The number of carbonyl (C=O) groups is 2. The topological polar surface area (TPSA) is 122 Å². The SMILES string of the molecule is CCOc1ccc(OCC(=O)NCCNC(=O)c2ccc(=O)[nH]n2)cc1. The van der Waals surface area contributed by atoms with Crippen molar-refractivity contribution < 1.29 is 19.1 Å². The molecule has 3 N–H and O–H groups in total. The highest BCUT2D eigenvalue weighted by Crippen LogP contribution is 2.17. The minimum absolute atomic E-state index is 0.0924. The van der Waals surface area contributed by atoms with Crippen LogP contribution in [0.15, 0.2) is 41.2 Å². The second kappa shape index (κ2) is 9.82. The Morgan fingerprint density at radius 2 is 1.65 bits per heavy atom. The molecule has 0 aliphatic carbocycles. The second-order valence-electron chi connectivity index (χ2n) is 5.11. The number of aromatic nitrogens is 2. The number of nitrogens with zero attached hydrogens (tertiary/aromatic N) is 1. The summed E-state index contributed by atoms with van der Waals surface area (Å²) >= 11 is 0. The van der Waals surface area contributed by atoms with E-state index in [1.54, 1.807) is 24.3 Å². The maximum absolute atomic E-state index is 11.7. The zero-order valence-corrected chi connectivity index (χ0v) is 14.3. The molecule has 0 unspecified atom stereocenters. The monoisotopic (exact) mass is 360 g/mol. The molecule has 0 spiro atoms. The lowest BCUT2D eigenvalue weighted by Crippen LogP contribution is -2.37. The van der Waals surface area contributed by atoms with E-state index in [2.05, 4.69) is 20.8 Å². The first-order chi connectivity index (χ1) is 12.6. The summed E-state index contributed by atoms with van der Waals surface area (Å²) in [7, 11) is 0. The smallest absolute Gasteiger partial charge is 0.271 e. The summed E-state index contributed by atoms with van der Waals surface area (Å²) in [5, 5.41) is 11.0. The van der Waals surface area contributed by atoms with Crippen molar-refractivity contribution >= 4 is 11.8 Å². The van der Waals surface area contributed by atoms with Crippen molar-refractivity contribution in [3.63, 3.8) is 0 Å². The van der Waals surface area contributed by atoms with Gasteiger partial charge in [-0.15, -0.1) is 0 Å². The summed E-state index contributed by atoms with van der Waals surface area (Å²) in [4.78, 5) is 34.3. The number of H-pyrrole nitrogens is 1. The average Bonchev–Trinajstić information content (AvgIpc) is 2.65. The van der Waals surface area contributed by atoms with Gasteiger partial charge >= 0.3 is 0 Å². The highest BCUT2D eigenvalue weighted by atomic mass is 16.5. The summed E-state index contributed by atoms with van der Waals surface area (Å²) in [5.74, 6) is 0.537.